The molecule has 6 nitrogen and oxygen atoms in total. The Morgan fingerprint density at radius 2 is 2.16 bits per heavy atom. The van der Waals surface area contributed by atoms with Crippen LogP contribution in [0.1, 0.15) is 18.5 Å². The van der Waals surface area contributed by atoms with E-state index >= 15 is 0 Å². The predicted molar refractivity (Wildman–Crippen MR) is 74.5 cm³/mol. The first-order valence-corrected chi connectivity index (χ1v) is 6.63. The van der Waals surface area contributed by atoms with Crippen molar-refractivity contribution in [3.8, 4) is 0 Å². The molecule has 104 valence electrons. The largest absolute Gasteiger partial charge is 0.351 e. The second kappa shape index (κ2) is 5.97. The molecule has 1 saturated heterocycles. The Bertz CT molecular complexity index is 456. The molecule has 0 radical (unpaired) electrons. The maximum atomic E-state index is 11.1. The fourth-order valence-corrected chi connectivity index (χ4v) is 2.55. The second-order valence-electron chi connectivity index (χ2n) is 5.04. The van der Waals surface area contributed by atoms with E-state index in [0.29, 0.717) is 11.7 Å². The first kappa shape index (κ1) is 13.7. The van der Waals surface area contributed by atoms with Crippen LogP contribution in [0.2, 0.25) is 0 Å². The molecular weight excluding hydrogens is 244 g/mol. The minimum absolute atomic E-state index is 0.109. The first-order chi connectivity index (χ1) is 9.11. The van der Waals surface area contributed by atoms with Gasteiger partial charge in [-0.3, -0.25) is 10.1 Å². The molecule has 1 aliphatic rings. The van der Waals surface area contributed by atoms with Gasteiger partial charge in [-0.2, -0.15) is 0 Å². The summed E-state index contributed by atoms with van der Waals surface area (Å²) in [5, 5.41) is 14.3. The molecule has 6 heteroatoms. The number of piperidine rings is 1. The molecule has 2 heterocycles. The smallest absolute Gasteiger partial charge is 0.311 e. The van der Waals surface area contributed by atoms with Gasteiger partial charge in [-0.1, -0.05) is 0 Å². The van der Waals surface area contributed by atoms with Crippen molar-refractivity contribution in [1.29, 1.82) is 0 Å². The number of hydrogen-bond acceptors (Lipinski definition) is 5. The molecule has 2 rings (SSSR count). The van der Waals surface area contributed by atoms with Crippen LogP contribution in [-0.2, 0) is 0 Å². The van der Waals surface area contributed by atoms with Gasteiger partial charge in [0.25, 0.3) is 0 Å². The zero-order valence-electron chi connectivity index (χ0n) is 11.4. The molecule has 1 fully saturated rings. The highest BCUT2D eigenvalue weighted by atomic mass is 16.6. The summed E-state index contributed by atoms with van der Waals surface area (Å²) in [4.78, 5) is 17.1. The van der Waals surface area contributed by atoms with Crippen molar-refractivity contribution in [2.45, 2.75) is 19.8 Å². The fourth-order valence-electron chi connectivity index (χ4n) is 2.55. The van der Waals surface area contributed by atoms with E-state index in [0.717, 1.165) is 38.2 Å². The quantitative estimate of drug-likeness (QED) is 0.662. The lowest BCUT2D eigenvalue weighted by Crippen LogP contribution is -2.37. The Labute approximate surface area is 113 Å². The van der Waals surface area contributed by atoms with Crippen LogP contribution in [0.3, 0.4) is 0 Å². The van der Waals surface area contributed by atoms with Gasteiger partial charge >= 0.3 is 5.69 Å². The van der Waals surface area contributed by atoms with E-state index in [1.807, 2.05) is 18.9 Å². The third kappa shape index (κ3) is 3.20. The van der Waals surface area contributed by atoms with Crippen LogP contribution in [0.5, 0.6) is 0 Å². The van der Waals surface area contributed by atoms with Crippen LogP contribution in [-0.4, -0.2) is 36.6 Å². The lowest BCUT2D eigenvalue weighted by Gasteiger charge is -2.32. The zero-order valence-corrected chi connectivity index (χ0v) is 11.4. The summed E-state index contributed by atoms with van der Waals surface area (Å²) < 4.78 is 0. The summed E-state index contributed by atoms with van der Waals surface area (Å²) in [6, 6.07) is 3.24. The molecule has 0 spiro atoms. The number of nitrogens with one attached hydrogen (secondary N) is 1. The topological polar surface area (TPSA) is 71.3 Å². The second-order valence-corrected chi connectivity index (χ2v) is 5.04. The van der Waals surface area contributed by atoms with E-state index in [4.69, 9.17) is 0 Å². The van der Waals surface area contributed by atoms with Crippen molar-refractivity contribution in [2.24, 2.45) is 5.92 Å². The van der Waals surface area contributed by atoms with Crippen LogP contribution < -0.4 is 10.2 Å². The van der Waals surface area contributed by atoms with Crippen LogP contribution in [0.25, 0.3) is 0 Å². The molecule has 0 bridgehead atoms. The Hall–Kier alpha value is -1.69. The molecule has 1 aliphatic heterocycles. The zero-order chi connectivity index (χ0) is 13.8. The average molecular weight is 264 g/mol. The third-order valence-corrected chi connectivity index (χ3v) is 3.60. The summed E-state index contributed by atoms with van der Waals surface area (Å²) in [7, 11) is 1.96. The van der Waals surface area contributed by atoms with Gasteiger partial charge in [0, 0.05) is 24.8 Å². The molecular formula is C13H20N4O2. The molecule has 19 heavy (non-hydrogen) atoms. The van der Waals surface area contributed by atoms with E-state index in [-0.39, 0.29) is 10.6 Å². The highest BCUT2D eigenvalue weighted by Crippen LogP contribution is 2.29. The van der Waals surface area contributed by atoms with Crippen LogP contribution in [0.15, 0.2) is 12.1 Å². The monoisotopic (exact) mass is 264 g/mol. The Kier molecular flexibility index (Phi) is 4.31. The number of aromatic nitrogens is 1. The summed E-state index contributed by atoms with van der Waals surface area (Å²) in [5.41, 5.74) is 0.926. The fraction of sp³-hybridized carbons (Fsp3) is 0.615. The van der Waals surface area contributed by atoms with E-state index in [1.165, 1.54) is 0 Å². The van der Waals surface area contributed by atoms with Crippen LogP contribution in [0, 0.1) is 23.0 Å². The minimum atomic E-state index is -0.346. The summed E-state index contributed by atoms with van der Waals surface area (Å²) in [6.07, 6.45) is 2.10. The Balaban J connectivity index is 2.14. The van der Waals surface area contributed by atoms with Gasteiger partial charge < -0.3 is 10.2 Å². The lowest BCUT2D eigenvalue weighted by atomic mass is 9.97. The van der Waals surface area contributed by atoms with Crippen molar-refractivity contribution < 1.29 is 4.92 Å². The van der Waals surface area contributed by atoms with Gasteiger partial charge in [0.05, 0.1) is 4.92 Å². The highest BCUT2D eigenvalue weighted by Gasteiger charge is 2.25. The van der Waals surface area contributed by atoms with Gasteiger partial charge in [0.1, 0.15) is 0 Å². The van der Waals surface area contributed by atoms with Crippen molar-refractivity contribution in [3.63, 3.8) is 0 Å². The van der Waals surface area contributed by atoms with Crippen molar-refractivity contribution in [3.05, 3.63) is 27.9 Å². The van der Waals surface area contributed by atoms with Gasteiger partial charge in [-0.05, 0) is 45.3 Å². The number of nitrogens with zero attached hydrogens (tertiary/aromatic N) is 3. The van der Waals surface area contributed by atoms with E-state index in [2.05, 4.69) is 10.3 Å². The van der Waals surface area contributed by atoms with Crippen molar-refractivity contribution in [1.82, 2.24) is 10.3 Å². The summed E-state index contributed by atoms with van der Waals surface area (Å²) in [5.74, 6) is 1.18. The summed E-state index contributed by atoms with van der Waals surface area (Å²) >= 11 is 0. The molecule has 0 saturated carbocycles. The van der Waals surface area contributed by atoms with Crippen molar-refractivity contribution >= 4 is 11.5 Å². The van der Waals surface area contributed by atoms with Gasteiger partial charge in [-0.15, -0.1) is 0 Å². The van der Waals surface area contributed by atoms with Gasteiger partial charge in [0.2, 0.25) is 5.82 Å². The molecule has 0 aromatic carbocycles. The first-order valence-electron chi connectivity index (χ1n) is 6.63. The average Bonchev–Trinajstić information content (AvgIpc) is 2.39. The summed E-state index contributed by atoms with van der Waals surface area (Å²) in [6.45, 7) is 4.55. The molecule has 1 N–H and O–H groups in total. The van der Waals surface area contributed by atoms with E-state index in [9.17, 15) is 10.1 Å². The minimum Gasteiger partial charge on any atom is -0.351 e. The molecule has 0 aliphatic carbocycles. The lowest BCUT2D eigenvalue weighted by molar-refractivity contribution is -0.384. The van der Waals surface area contributed by atoms with E-state index in [1.54, 1.807) is 12.1 Å². The van der Waals surface area contributed by atoms with Crippen LogP contribution >= 0.6 is 0 Å². The van der Waals surface area contributed by atoms with Crippen molar-refractivity contribution in [2.75, 3.05) is 31.6 Å². The normalized spacial score (nSPS) is 16.6. The maximum Gasteiger partial charge on any atom is 0.311 e. The SMILES string of the molecule is CNCC1CCN(c2nc(C)ccc2[N+](=O)[O-])CC1. The van der Waals surface area contributed by atoms with Gasteiger partial charge in [0.15, 0.2) is 0 Å². The molecule has 1 aromatic heterocycles. The molecule has 0 atom stereocenters. The molecule has 1 aromatic rings. The Morgan fingerprint density at radius 3 is 2.74 bits per heavy atom. The van der Waals surface area contributed by atoms with E-state index < -0.39 is 0 Å². The Morgan fingerprint density at radius 1 is 1.47 bits per heavy atom. The number of pyridine rings is 1. The molecule has 0 amide bonds. The number of anilines is 1. The number of aryl methyl sites for hydroxylation is 1. The molecule has 0 unspecified atom stereocenters. The highest BCUT2D eigenvalue weighted by molar-refractivity contribution is 5.58. The van der Waals surface area contributed by atoms with Crippen LogP contribution in [0.4, 0.5) is 11.5 Å². The number of rotatable bonds is 4. The number of nitro groups is 1. The third-order valence-electron chi connectivity index (χ3n) is 3.60. The predicted octanol–water partition coefficient (Wildman–Crippen LogP) is 1.73. The maximum absolute atomic E-state index is 11.1. The number of hydrogen-bond donors (Lipinski definition) is 1. The van der Waals surface area contributed by atoms with Gasteiger partial charge in [-0.25, -0.2) is 4.98 Å². The standard InChI is InChI=1S/C13H20N4O2/c1-10-3-4-12(17(18)19)13(15-10)16-7-5-11(6-8-16)9-14-2/h3-4,11,14H,5-9H2,1-2H3.